The van der Waals surface area contributed by atoms with Crippen LogP contribution in [0.3, 0.4) is 0 Å². The Morgan fingerprint density at radius 1 is 1.10 bits per heavy atom. The highest BCUT2D eigenvalue weighted by Crippen LogP contribution is 2.34. The van der Waals surface area contributed by atoms with Crippen LogP contribution in [0.4, 0.5) is 5.69 Å². The van der Waals surface area contributed by atoms with Crippen LogP contribution in [0.2, 0.25) is 5.02 Å². The van der Waals surface area contributed by atoms with Gasteiger partial charge in [-0.25, -0.2) is 8.42 Å². The van der Waals surface area contributed by atoms with E-state index in [1.165, 1.54) is 16.4 Å². The zero-order chi connectivity index (χ0) is 20.4. The van der Waals surface area contributed by atoms with E-state index in [9.17, 15) is 13.2 Å². The number of carbonyl (C=O) groups excluding carboxylic acids is 1. The summed E-state index contributed by atoms with van der Waals surface area (Å²) in [5, 5.41) is 3.30. The molecule has 1 saturated heterocycles. The highest BCUT2D eigenvalue weighted by molar-refractivity contribution is 7.89. The van der Waals surface area contributed by atoms with Crippen LogP contribution in [0.1, 0.15) is 25.7 Å². The fourth-order valence-corrected chi connectivity index (χ4v) is 5.46. The molecule has 1 fully saturated rings. The molecule has 1 unspecified atom stereocenters. The lowest BCUT2D eigenvalue weighted by Gasteiger charge is -2.34. The summed E-state index contributed by atoms with van der Waals surface area (Å²) in [6.07, 6.45) is 2.38. The molecule has 0 spiro atoms. The SMILES string of the molecule is O=C(CC1CCCCN1S(=O)(=O)c1ccc(Cl)cc1)Nc1ccc2c(c1)OCO2. The second-order valence-electron chi connectivity index (χ2n) is 7.04. The number of nitrogens with zero attached hydrogens (tertiary/aromatic N) is 1. The molecule has 0 bridgehead atoms. The molecule has 2 aliphatic heterocycles. The number of rotatable bonds is 5. The van der Waals surface area contributed by atoms with Gasteiger partial charge in [-0.3, -0.25) is 4.79 Å². The lowest BCUT2D eigenvalue weighted by molar-refractivity contribution is -0.117. The Kier molecular flexibility index (Phi) is 5.67. The summed E-state index contributed by atoms with van der Waals surface area (Å²) in [6.45, 7) is 0.555. The number of benzene rings is 2. The summed E-state index contributed by atoms with van der Waals surface area (Å²) in [6, 6.07) is 10.9. The van der Waals surface area contributed by atoms with Crippen molar-refractivity contribution >= 4 is 33.2 Å². The van der Waals surface area contributed by atoms with Crippen molar-refractivity contribution < 1.29 is 22.7 Å². The van der Waals surface area contributed by atoms with Crippen LogP contribution < -0.4 is 14.8 Å². The molecule has 4 rings (SSSR count). The molecule has 2 aromatic carbocycles. The Balaban J connectivity index is 1.47. The van der Waals surface area contributed by atoms with Crippen LogP contribution in [0, 0.1) is 0 Å². The molecule has 0 aromatic heterocycles. The van der Waals surface area contributed by atoms with Crippen LogP contribution in [0.15, 0.2) is 47.4 Å². The summed E-state index contributed by atoms with van der Waals surface area (Å²) in [7, 11) is -3.70. The Hall–Kier alpha value is -2.29. The van der Waals surface area contributed by atoms with Gasteiger partial charge in [0.2, 0.25) is 22.7 Å². The van der Waals surface area contributed by atoms with Gasteiger partial charge in [0.15, 0.2) is 11.5 Å². The normalized spacial score (nSPS) is 19.1. The average Bonchev–Trinajstić information content (AvgIpc) is 3.16. The Morgan fingerprint density at radius 3 is 2.66 bits per heavy atom. The molecule has 1 N–H and O–H groups in total. The zero-order valence-corrected chi connectivity index (χ0v) is 17.2. The van der Waals surface area contributed by atoms with Gasteiger partial charge in [0, 0.05) is 35.8 Å². The summed E-state index contributed by atoms with van der Waals surface area (Å²) in [5.41, 5.74) is 0.585. The maximum Gasteiger partial charge on any atom is 0.243 e. The van der Waals surface area contributed by atoms with Gasteiger partial charge in [-0.05, 0) is 49.2 Å². The smallest absolute Gasteiger partial charge is 0.243 e. The Morgan fingerprint density at radius 2 is 1.86 bits per heavy atom. The number of sulfonamides is 1. The standard InChI is InChI=1S/C20H21ClN2O5S/c21-14-4-7-17(8-5-14)29(25,26)23-10-2-1-3-16(23)12-20(24)22-15-6-9-18-19(11-15)28-13-27-18/h4-9,11,16H,1-3,10,12-13H2,(H,22,24). The summed E-state index contributed by atoms with van der Waals surface area (Å²) < 4.78 is 38.2. The highest BCUT2D eigenvalue weighted by Gasteiger charge is 2.34. The number of anilines is 1. The maximum absolute atomic E-state index is 13.1. The van der Waals surface area contributed by atoms with Gasteiger partial charge in [-0.2, -0.15) is 4.31 Å². The lowest BCUT2D eigenvalue weighted by Crippen LogP contribution is -2.45. The summed E-state index contributed by atoms with van der Waals surface area (Å²) >= 11 is 5.88. The topological polar surface area (TPSA) is 84.9 Å². The number of ether oxygens (including phenoxy) is 2. The van der Waals surface area contributed by atoms with Crippen molar-refractivity contribution in [2.45, 2.75) is 36.6 Å². The van der Waals surface area contributed by atoms with Gasteiger partial charge in [0.1, 0.15) is 0 Å². The lowest BCUT2D eigenvalue weighted by atomic mass is 10.0. The Labute approximate surface area is 174 Å². The molecule has 7 nitrogen and oxygen atoms in total. The van der Waals surface area contributed by atoms with E-state index >= 15 is 0 Å². The number of piperidine rings is 1. The molecule has 2 aliphatic rings. The predicted octanol–water partition coefficient (Wildman–Crippen LogP) is 3.64. The van der Waals surface area contributed by atoms with Gasteiger partial charge >= 0.3 is 0 Å². The second-order valence-corrected chi connectivity index (χ2v) is 9.37. The molecule has 2 heterocycles. The molecule has 0 aliphatic carbocycles. The third-order valence-electron chi connectivity index (χ3n) is 5.07. The van der Waals surface area contributed by atoms with E-state index < -0.39 is 16.1 Å². The van der Waals surface area contributed by atoms with E-state index in [4.69, 9.17) is 21.1 Å². The van der Waals surface area contributed by atoms with E-state index in [-0.39, 0.29) is 24.0 Å². The number of nitrogens with one attached hydrogen (secondary N) is 1. The first kappa shape index (κ1) is 20.0. The molecule has 0 radical (unpaired) electrons. The van der Waals surface area contributed by atoms with E-state index in [1.807, 2.05) is 0 Å². The van der Waals surface area contributed by atoms with E-state index in [2.05, 4.69) is 5.32 Å². The number of halogens is 1. The highest BCUT2D eigenvalue weighted by atomic mass is 35.5. The molecule has 9 heteroatoms. The van der Waals surface area contributed by atoms with Crippen molar-refractivity contribution in [3.05, 3.63) is 47.5 Å². The molecule has 29 heavy (non-hydrogen) atoms. The van der Waals surface area contributed by atoms with Crippen molar-refractivity contribution in [3.8, 4) is 11.5 Å². The quantitative estimate of drug-likeness (QED) is 0.773. The van der Waals surface area contributed by atoms with Gasteiger partial charge in [0.05, 0.1) is 4.90 Å². The van der Waals surface area contributed by atoms with Crippen molar-refractivity contribution in [1.29, 1.82) is 0 Å². The third kappa shape index (κ3) is 4.34. The minimum Gasteiger partial charge on any atom is -0.454 e. The summed E-state index contributed by atoms with van der Waals surface area (Å²) in [5.74, 6) is 0.968. The molecule has 1 atom stereocenters. The molecule has 0 saturated carbocycles. The second kappa shape index (κ2) is 8.22. The largest absolute Gasteiger partial charge is 0.454 e. The zero-order valence-electron chi connectivity index (χ0n) is 15.6. The summed E-state index contributed by atoms with van der Waals surface area (Å²) in [4.78, 5) is 12.8. The van der Waals surface area contributed by atoms with Gasteiger partial charge in [0.25, 0.3) is 0 Å². The van der Waals surface area contributed by atoms with Crippen LogP contribution in [-0.4, -0.2) is 38.0 Å². The van der Waals surface area contributed by atoms with Gasteiger partial charge in [-0.15, -0.1) is 0 Å². The first-order valence-corrected chi connectivity index (χ1v) is 11.2. The monoisotopic (exact) mass is 436 g/mol. The molecular weight excluding hydrogens is 416 g/mol. The minimum atomic E-state index is -3.70. The van der Waals surface area contributed by atoms with E-state index in [0.717, 1.165) is 12.8 Å². The van der Waals surface area contributed by atoms with Gasteiger partial charge < -0.3 is 14.8 Å². The third-order valence-corrected chi connectivity index (χ3v) is 7.29. The molecular formula is C20H21ClN2O5S. The molecule has 154 valence electrons. The fraction of sp³-hybridized carbons (Fsp3) is 0.350. The number of carbonyl (C=O) groups is 1. The van der Waals surface area contributed by atoms with Crippen LogP contribution in [0.5, 0.6) is 11.5 Å². The van der Waals surface area contributed by atoms with E-state index in [1.54, 1.807) is 30.3 Å². The molecule has 1 amide bonds. The van der Waals surface area contributed by atoms with Gasteiger partial charge in [-0.1, -0.05) is 18.0 Å². The first-order chi connectivity index (χ1) is 13.9. The predicted molar refractivity (Wildman–Crippen MR) is 109 cm³/mol. The number of hydrogen-bond acceptors (Lipinski definition) is 5. The average molecular weight is 437 g/mol. The van der Waals surface area contributed by atoms with Crippen LogP contribution >= 0.6 is 11.6 Å². The number of fused-ring (bicyclic) bond motifs is 1. The van der Waals surface area contributed by atoms with Crippen molar-refractivity contribution in [2.75, 3.05) is 18.7 Å². The van der Waals surface area contributed by atoms with E-state index in [0.29, 0.717) is 35.2 Å². The number of hydrogen-bond donors (Lipinski definition) is 1. The van der Waals surface area contributed by atoms with Crippen molar-refractivity contribution in [1.82, 2.24) is 4.31 Å². The first-order valence-electron chi connectivity index (χ1n) is 9.40. The number of amides is 1. The van der Waals surface area contributed by atoms with Crippen molar-refractivity contribution in [2.24, 2.45) is 0 Å². The fourth-order valence-electron chi connectivity index (χ4n) is 3.64. The minimum absolute atomic E-state index is 0.0846. The van der Waals surface area contributed by atoms with Crippen LogP contribution in [0.25, 0.3) is 0 Å². The van der Waals surface area contributed by atoms with Crippen LogP contribution in [-0.2, 0) is 14.8 Å². The Bertz CT molecular complexity index is 1010. The maximum atomic E-state index is 13.1. The van der Waals surface area contributed by atoms with Crippen molar-refractivity contribution in [3.63, 3.8) is 0 Å². The molecule has 2 aromatic rings.